The molecule has 2 aliphatic heterocycles. The van der Waals surface area contributed by atoms with Gasteiger partial charge in [0.2, 0.25) is 5.91 Å². The zero-order chi connectivity index (χ0) is 17.1. The van der Waals surface area contributed by atoms with Gasteiger partial charge in [-0.3, -0.25) is 9.59 Å². The molecule has 0 radical (unpaired) electrons. The molecule has 24 heavy (non-hydrogen) atoms. The largest absolute Gasteiger partial charge is 0.340 e. The maximum atomic E-state index is 12.7. The topological polar surface area (TPSA) is 43.9 Å². The Morgan fingerprint density at radius 1 is 0.917 bits per heavy atom. The normalized spacial score (nSPS) is 20.2. The molecule has 1 aromatic rings. The van der Waals surface area contributed by atoms with E-state index in [4.69, 9.17) is 0 Å². The Morgan fingerprint density at radius 3 is 2.17 bits per heavy atom. The molecule has 2 fully saturated rings. The molecule has 3 rings (SSSR count). The summed E-state index contributed by atoms with van der Waals surface area (Å²) < 4.78 is 0. The fourth-order valence-corrected chi connectivity index (χ4v) is 3.60. The molecule has 1 aromatic carbocycles. The molecule has 0 atom stereocenters. The second kappa shape index (κ2) is 7.34. The molecular formula is C19H27N3O2. The van der Waals surface area contributed by atoms with E-state index >= 15 is 0 Å². The number of rotatable bonds is 2. The third kappa shape index (κ3) is 3.61. The Labute approximate surface area is 144 Å². The zero-order valence-electron chi connectivity index (χ0n) is 14.7. The second-order valence-corrected chi connectivity index (χ2v) is 7.01. The molecule has 0 aromatic heterocycles. The van der Waals surface area contributed by atoms with E-state index in [0.717, 1.165) is 50.1 Å². The van der Waals surface area contributed by atoms with Gasteiger partial charge in [-0.1, -0.05) is 18.2 Å². The summed E-state index contributed by atoms with van der Waals surface area (Å²) in [4.78, 5) is 31.5. The van der Waals surface area contributed by atoms with Crippen molar-refractivity contribution in [1.82, 2.24) is 14.7 Å². The number of hydrogen-bond acceptors (Lipinski definition) is 3. The Balaban J connectivity index is 1.55. The quantitative estimate of drug-likeness (QED) is 0.828. The van der Waals surface area contributed by atoms with Crippen molar-refractivity contribution in [3.8, 4) is 0 Å². The summed E-state index contributed by atoms with van der Waals surface area (Å²) in [5, 5.41) is 0. The molecule has 5 nitrogen and oxygen atoms in total. The third-order valence-corrected chi connectivity index (χ3v) is 5.32. The minimum atomic E-state index is 0.0781. The number of likely N-dealkylation sites (N-methyl/N-ethyl adjacent to an activating group) is 1. The van der Waals surface area contributed by atoms with Gasteiger partial charge in [0.25, 0.3) is 5.91 Å². The summed E-state index contributed by atoms with van der Waals surface area (Å²) >= 11 is 0. The van der Waals surface area contributed by atoms with Crippen LogP contribution < -0.4 is 0 Å². The summed E-state index contributed by atoms with van der Waals surface area (Å²) in [6.07, 6.45) is 1.56. The standard InChI is InChI=1S/C19H27N3O2/c1-15-5-3-4-6-17(15)19(24)21-9-7-16(8-10-21)18(23)22-13-11-20(2)12-14-22/h3-6,16H,7-14H2,1-2H3. The number of benzene rings is 1. The van der Waals surface area contributed by atoms with Crippen LogP contribution in [0, 0.1) is 12.8 Å². The zero-order valence-corrected chi connectivity index (χ0v) is 14.7. The minimum Gasteiger partial charge on any atom is -0.340 e. The van der Waals surface area contributed by atoms with Crippen LogP contribution in [-0.2, 0) is 4.79 Å². The fourth-order valence-electron chi connectivity index (χ4n) is 3.60. The van der Waals surface area contributed by atoms with E-state index in [1.54, 1.807) is 0 Å². The van der Waals surface area contributed by atoms with Crippen molar-refractivity contribution in [3.63, 3.8) is 0 Å². The van der Waals surface area contributed by atoms with Crippen molar-refractivity contribution >= 4 is 11.8 Å². The van der Waals surface area contributed by atoms with Gasteiger partial charge in [-0.2, -0.15) is 0 Å². The number of hydrogen-bond donors (Lipinski definition) is 0. The molecule has 130 valence electrons. The number of carbonyl (C=O) groups excluding carboxylic acids is 2. The van der Waals surface area contributed by atoms with E-state index in [-0.39, 0.29) is 17.7 Å². The maximum absolute atomic E-state index is 12.7. The molecule has 0 spiro atoms. The minimum absolute atomic E-state index is 0.0781. The van der Waals surface area contributed by atoms with Crippen LogP contribution >= 0.6 is 0 Å². The highest BCUT2D eigenvalue weighted by atomic mass is 16.2. The van der Waals surface area contributed by atoms with E-state index in [9.17, 15) is 9.59 Å². The summed E-state index contributed by atoms with van der Waals surface area (Å²) in [5.41, 5.74) is 1.79. The first-order valence-corrected chi connectivity index (χ1v) is 8.88. The summed E-state index contributed by atoms with van der Waals surface area (Å²) in [7, 11) is 2.09. The first kappa shape index (κ1) is 17.0. The fraction of sp³-hybridized carbons (Fsp3) is 0.579. The summed E-state index contributed by atoms with van der Waals surface area (Å²) in [6, 6.07) is 7.72. The number of nitrogens with zero attached hydrogens (tertiary/aromatic N) is 3. The van der Waals surface area contributed by atoms with Crippen molar-refractivity contribution < 1.29 is 9.59 Å². The average Bonchev–Trinajstić information content (AvgIpc) is 2.62. The summed E-state index contributed by atoms with van der Waals surface area (Å²) in [5.74, 6) is 0.457. The lowest BCUT2D eigenvalue weighted by Crippen LogP contribution is -2.51. The Morgan fingerprint density at radius 2 is 1.54 bits per heavy atom. The van der Waals surface area contributed by atoms with Crippen molar-refractivity contribution in [1.29, 1.82) is 0 Å². The molecule has 0 unspecified atom stereocenters. The van der Waals surface area contributed by atoms with Crippen LogP contribution in [0.15, 0.2) is 24.3 Å². The SMILES string of the molecule is Cc1ccccc1C(=O)N1CCC(C(=O)N2CCN(C)CC2)CC1. The molecule has 2 amide bonds. The number of piperazine rings is 1. The number of likely N-dealkylation sites (tertiary alicyclic amines) is 1. The number of carbonyl (C=O) groups is 2. The third-order valence-electron chi connectivity index (χ3n) is 5.32. The number of amides is 2. The highest BCUT2D eigenvalue weighted by molar-refractivity contribution is 5.95. The van der Waals surface area contributed by atoms with Crippen LogP contribution in [0.5, 0.6) is 0 Å². The molecule has 0 bridgehead atoms. The van der Waals surface area contributed by atoms with E-state index in [0.29, 0.717) is 13.1 Å². The highest BCUT2D eigenvalue weighted by Crippen LogP contribution is 2.22. The van der Waals surface area contributed by atoms with Gasteiger partial charge in [-0.05, 0) is 38.4 Å². The Hall–Kier alpha value is -1.88. The van der Waals surface area contributed by atoms with E-state index in [1.807, 2.05) is 41.0 Å². The molecule has 2 saturated heterocycles. The van der Waals surface area contributed by atoms with Gasteiger partial charge in [-0.25, -0.2) is 0 Å². The molecule has 5 heteroatoms. The van der Waals surface area contributed by atoms with Gasteiger partial charge in [-0.15, -0.1) is 0 Å². The van der Waals surface area contributed by atoms with Gasteiger partial charge in [0.15, 0.2) is 0 Å². The highest BCUT2D eigenvalue weighted by Gasteiger charge is 2.31. The van der Waals surface area contributed by atoms with Crippen molar-refractivity contribution in [3.05, 3.63) is 35.4 Å². The van der Waals surface area contributed by atoms with Crippen LogP contribution in [0.25, 0.3) is 0 Å². The molecule has 2 aliphatic rings. The predicted molar refractivity (Wildman–Crippen MR) is 93.9 cm³/mol. The number of piperidine rings is 1. The number of aryl methyl sites for hydroxylation is 1. The molecular weight excluding hydrogens is 302 g/mol. The summed E-state index contributed by atoms with van der Waals surface area (Å²) in [6.45, 7) is 6.90. The molecule has 0 saturated carbocycles. The second-order valence-electron chi connectivity index (χ2n) is 7.01. The molecule has 0 aliphatic carbocycles. The maximum Gasteiger partial charge on any atom is 0.254 e. The van der Waals surface area contributed by atoms with E-state index < -0.39 is 0 Å². The predicted octanol–water partition coefficient (Wildman–Crippen LogP) is 1.62. The van der Waals surface area contributed by atoms with Crippen LogP contribution in [0.4, 0.5) is 0 Å². The average molecular weight is 329 g/mol. The molecule has 2 heterocycles. The van der Waals surface area contributed by atoms with Crippen molar-refractivity contribution in [2.75, 3.05) is 46.3 Å². The van der Waals surface area contributed by atoms with Crippen molar-refractivity contribution in [2.45, 2.75) is 19.8 Å². The van der Waals surface area contributed by atoms with Gasteiger partial charge in [0.1, 0.15) is 0 Å². The lowest BCUT2D eigenvalue weighted by molar-refractivity contribution is -0.138. The first-order valence-electron chi connectivity index (χ1n) is 8.88. The van der Waals surface area contributed by atoms with E-state index in [1.165, 1.54) is 0 Å². The van der Waals surface area contributed by atoms with Gasteiger partial charge in [0, 0.05) is 50.7 Å². The van der Waals surface area contributed by atoms with Crippen LogP contribution in [0.1, 0.15) is 28.8 Å². The van der Waals surface area contributed by atoms with Crippen molar-refractivity contribution in [2.24, 2.45) is 5.92 Å². The van der Waals surface area contributed by atoms with Gasteiger partial charge in [0.05, 0.1) is 0 Å². The van der Waals surface area contributed by atoms with Crippen LogP contribution in [0.2, 0.25) is 0 Å². The van der Waals surface area contributed by atoms with Crippen LogP contribution in [-0.4, -0.2) is 72.8 Å². The molecule has 0 N–H and O–H groups in total. The Bertz CT molecular complexity index is 600. The van der Waals surface area contributed by atoms with Crippen LogP contribution in [0.3, 0.4) is 0 Å². The van der Waals surface area contributed by atoms with Gasteiger partial charge >= 0.3 is 0 Å². The Kier molecular flexibility index (Phi) is 5.19. The van der Waals surface area contributed by atoms with E-state index in [2.05, 4.69) is 11.9 Å². The smallest absolute Gasteiger partial charge is 0.254 e. The lowest BCUT2D eigenvalue weighted by atomic mass is 9.94. The first-order chi connectivity index (χ1) is 11.6. The monoisotopic (exact) mass is 329 g/mol. The lowest BCUT2D eigenvalue weighted by Gasteiger charge is -2.37. The van der Waals surface area contributed by atoms with Gasteiger partial charge < -0.3 is 14.7 Å².